The maximum atomic E-state index is 12.5. The summed E-state index contributed by atoms with van der Waals surface area (Å²) < 4.78 is 27.7. The molecule has 1 atom stereocenters. The minimum Gasteiger partial charge on any atom is -0.399 e. The number of nitrogen functional groups attached to an aromatic ring is 1. The second-order valence-electron chi connectivity index (χ2n) is 5.29. The lowest BCUT2D eigenvalue weighted by atomic mass is 10.1. The van der Waals surface area contributed by atoms with Crippen LogP contribution in [0, 0.1) is 20.8 Å². The van der Waals surface area contributed by atoms with Gasteiger partial charge in [0.1, 0.15) is 0 Å². The Kier molecular flexibility index (Phi) is 4.41. The number of hydrogen-bond acceptors (Lipinski definition) is 4. The first kappa shape index (κ1) is 16.0. The first-order chi connectivity index (χ1) is 9.69. The van der Waals surface area contributed by atoms with Gasteiger partial charge in [-0.3, -0.25) is 0 Å². The first-order valence-corrected chi connectivity index (χ1v) is 8.95. The van der Waals surface area contributed by atoms with Crippen molar-refractivity contribution in [2.45, 2.75) is 38.6 Å². The molecule has 21 heavy (non-hydrogen) atoms. The summed E-state index contributed by atoms with van der Waals surface area (Å²) in [5.74, 6) is 0. The van der Waals surface area contributed by atoms with E-state index < -0.39 is 10.0 Å². The van der Waals surface area contributed by atoms with Gasteiger partial charge in [-0.15, -0.1) is 11.3 Å². The van der Waals surface area contributed by atoms with E-state index in [1.165, 1.54) is 10.9 Å². The summed E-state index contributed by atoms with van der Waals surface area (Å²) in [5, 5.41) is 0. The van der Waals surface area contributed by atoms with Gasteiger partial charge in [-0.05, 0) is 63.1 Å². The zero-order valence-electron chi connectivity index (χ0n) is 12.6. The molecule has 0 aliphatic heterocycles. The van der Waals surface area contributed by atoms with Crippen molar-refractivity contribution >= 4 is 27.0 Å². The van der Waals surface area contributed by atoms with Crippen molar-refractivity contribution in [1.29, 1.82) is 0 Å². The fourth-order valence-corrected chi connectivity index (χ4v) is 4.76. The van der Waals surface area contributed by atoms with Crippen LogP contribution in [0.3, 0.4) is 0 Å². The Morgan fingerprint density at radius 3 is 2.33 bits per heavy atom. The molecule has 114 valence electrons. The van der Waals surface area contributed by atoms with Gasteiger partial charge in [-0.2, -0.15) is 0 Å². The van der Waals surface area contributed by atoms with Gasteiger partial charge in [-0.1, -0.05) is 0 Å². The van der Waals surface area contributed by atoms with Crippen molar-refractivity contribution in [3.8, 4) is 0 Å². The van der Waals surface area contributed by atoms with E-state index in [0.29, 0.717) is 5.69 Å². The molecule has 0 bridgehead atoms. The van der Waals surface area contributed by atoms with Gasteiger partial charge in [0, 0.05) is 21.5 Å². The predicted octanol–water partition coefficient (Wildman–Crippen LogP) is 3.30. The SMILES string of the molecule is Cc1cc(N)cc(S(=O)(=O)NC(C)c2cc(C)sc2C)c1. The molecule has 1 heterocycles. The molecule has 6 heteroatoms. The summed E-state index contributed by atoms with van der Waals surface area (Å²) in [5.41, 5.74) is 8.02. The molecule has 1 aromatic carbocycles. The minimum atomic E-state index is -3.59. The van der Waals surface area contributed by atoms with Crippen LogP contribution in [0.2, 0.25) is 0 Å². The van der Waals surface area contributed by atoms with Gasteiger partial charge >= 0.3 is 0 Å². The van der Waals surface area contributed by atoms with Gasteiger partial charge in [0.05, 0.1) is 4.90 Å². The van der Waals surface area contributed by atoms with Crippen LogP contribution in [0.15, 0.2) is 29.2 Å². The molecule has 3 N–H and O–H groups in total. The largest absolute Gasteiger partial charge is 0.399 e. The average molecular weight is 324 g/mol. The van der Waals surface area contributed by atoms with Crippen LogP contribution in [-0.2, 0) is 10.0 Å². The normalized spacial score (nSPS) is 13.3. The van der Waals surface area contributed by atoms with E-state index in [1.807, 2.05) is 33.8 Å². The molecular formula is C15H20N2O2S2. The van der Waals surface area contributed by atoms with E-state index in [1.54, 1.807) is 23.5 Å². The standard InChI is InChI=1S/C15H20N2O2S2/c1-9-5-13(16)8-14(6-9)21(18,19)17-11(3)15-7-10(2)20-12(15)4/h5-8,11,17H,16H2,1-4H3. The Bertz CT molecular complexity index is 744. The Balaban J connectivity index is 2.30. The maximum Gasteiger partial charge on any atom is 0.241 e. The number of anilines is 1. The first-order valence-electron chi connectivity index (χ1n) is 6.65. The number of benzene rings is 1. The molecule has 0 fully saturated rings. The molecule has 1 unspecified atom stereocenters. The summed E-state index contributed by atoms with van der Waals surface area (Å²) in [7, 11) is -3.59. The van der Waals surface area contributed by atoms with Crippen LogP contribution >= 0.6 is 11.3 Å². The smallest absolute Gasteiger partial charge is 0.241 e. The molecule has 0 spiro atoms. The summed E-state index contributed by atoms with van der Waals surface area (Å²) in [4.78, 5) is 2.51. The second kappa shape index (κ2) is 5.79. The third-order valence-electron chi connectivity index (χ3n) is 3.26. The van der Waals surface area contributed by atoms with Crippen LogP contribution in [0.4, 0.5) is 5.69 Å². The molecular weight excluding hydrogens is 304 g/mol. The highest BCUT2D eigenvalue weighted by Crippen LogP contribution is 2.27. The van der Waals surface area contributed by atoms with E-state index in [9.17, 15) is 8.42 Å². The lowest BCUT2D eigenvalue weighted by Gasteiger charge is -2.15. The highest BCUT2D eigenvalue weighted by Gasteiger charge is 2.21. The van der Waals surface area contributed by atoms with Gasteiger partial charge in [-0.25, -0.2) is 13.1 Å². The van der Waals surface area contributed by atoms with Crippen molar-refractivity contribution < 1.29 is 8.42 Å². The van der Waals surface area contributed by atoms with Gasteiger partial charge in [0.15, 0.2) is 0 Å². The summed E-state index contributed by atoms with van der Waals surface area (Å²) in [6.07, 6.45) is 0. The molecule has 0 saturated heterocycles. The molecule has 2 rings (SSSR count). The minimum absolute atomic E-state index is 0.205. The Labute approximate surface area is 130 Å². The number of aryl methyl sites for hydroxylation is 3. The third kappa shape index (κ3) is 3.64. The van der Waals surface area contributed by atoms with E-state index in [-0.39, 0.29) is 10.9 Å². The monoisotopic (exact) mass is 324 g/mol. The van der Waals surface area contributed by atoms with Crippen molar-refractivity contribution in [2.24, 2.45) is 0 Å². The van der Waals surface area contributed by atoms with Gasteiger partial charge < -0.3 is 5.73 Å². The average Bonchev–Trinajstić information content (AvgIpc) is 2.66. The topological polar surface area (TPSA) is 72.2 Å². The summed E-state index contributed by atoms with van der Waals surface area (Å²) in [6.45, 7) is 7.70. The number of sulfonamides is 1. The van der Waals surface area contributed by atoms with Gasteiger partial charge in [0.25, 0.3) is 0 Å². The van der Waals surface area contributed by atoms with E-state index in [0.717, 1.165) is 16.0 Å². The zero-order valence-corrected chi connectivity index (χ0v) is 14.2. The van der Waals surface area contributed by atoms with Crippen molar-refractivity contribution in [1.82, 2.24) is 4.72 Å². The number of thiophene rings is 1. The van der Waals surface area contributed by atoms with Crippen LogP contribution in [0.1, 0.15) is 33.8 Å². The maximum absolute atomic E-state index is 12.5. The number of nitrogens with two attached hydrogens (primary N) is 1. The molecule has 0 aliphatic carbocycles. The molecule has 0 saturated carbocycles. The number of rotatable bonds is 4. The molecule has 0 radical (unpaired) electrons. The predicted molar refractivity (Wildman–Crippen MR) is 88.1 cm³/mol. The Morgan fingerprint density at radius 2 is 1.81 bits per heavy atom. The van der Waals surface area contributed by atoms with Crippen molar-refractivity contribution in [3.05, 3.63) is 45.1 Å². The van der Waals surface area contributed by atoms with Crippen LogP contribution < -0.4 is 10.5 Å². The Morgan fingerprint density at radius 1 is 1.14 bits per heavy atom. The van der Waals surface area contributed by atoms with Crippen molar-refractivity contribution in [2.75, 3.05) is 5.73 Å². The third-order valence-corrected chi connectivity index (χ3v) is 5.76. The van der Waals surface area contributed by atoms with E-state index >= 15 is 0 Å². The van der Waals surface area contributed by atoms with Crippen LogP contribution in [0.5, 0.6) is 0 Å². The molecule has 2 aromatic rings. The molecule has 4 nitrogen and oxygen atoms in total. The Hall–Kier alpha value is -1.37. The highest BCUT2D eigenvalue weighted by atomic mass is 32.2. The van der Waals surface area contributed by atoms with Gasteiger partial charge in [0.2, 0.25) is 10.0 Å². The fraction of sp³-hybridized carbons (Fsp3) is 0.333. The number of hydrogen-bond donors (Lipinski definition) is 2. The zero-order chi connectivity index (χ0) is 15.8. The molecule has 0 aliphatic rings. The van der Waals surface area contributed by atoms with E-state index in [2.05, 4.69) is 4.72 Å². The summed E-state index contributed by atoms with van der Waals surface area (Å²) >= 11 is 1.67. The number of nitrogens with one attached hydrogen (secondary N) is 1. The lowest BCUT2D eigenvalue weighted by Crippen LogP contribution is -2.27. The highest BCUT2D eigenvalue weighted by molar-refractivity contribution is 7.89. The fourth-order valence-electron chi connectivity index (χ4n) is 2.38. The van der Waals surface area contributed by atoms with Crippen molar-refractivity contribution in [3.63, 3.8) is 0 Å². The summed E-state index contributed by atoms with van der Waals surface area (Å²) in [6, 6.07) is 6.60. The second-order valence-corrected chi connectivity index (χ2v) is 8.47. The lowest BCUT2D eigenvalue weighted by molar-refractivity contribution is 0.567. The van der Waals surface area contributed by atoms with E-state index in [4.69, 9.17) is 5.73 Å². The quantitative estimate of drug-likeness (QED) is 0.848. The van der Waals surface area contributed by atoms with Crippen LogP contribution in [0.25, 0.3) is 0 Å². The van der Waals surface area contributed by atoms with Crippen LogP contribution in [-0.4, -0.2) is 8.42 Å². The molecule has 1 aromatic heterocycles. The molecule has 0 amide bonds.